The molecule has 0 atom stereocenters. The molecule has 0 heterocycles. The third-order valence-corrected chi connectivity index (χ3v) is 4.68. The molecule has 2 rings (SSSR count). The van der Waals surface area contributed by atoms with Gasteiger partial charge in [-0.1, -0.05) is 46.8 Å². The number of hydrogen-bond acceptors (Lipinski definition) is 5. The monoisotopic (exact) mass is 426 g/mol. The number of phenolic OH excluding ortho intramolecular Hbond substituents is 1. The Balaban J connectivity index is 1.88. The van der Waals surface area contributed by atoms with Gasteiger partial charge < -0.3 is 14.6 Å². The molecule has 0 bridgehead atoms. The Bertz CT molecular complexity index is 897. The van der Waals surface area contributed by atoms with Crippen molar-refractivity contribution in [1.82, 2.24) is 5.43 Å². The molecule has 0 unspecified atom stereocenters. The van der Waals surface area contributed by atoms with E-state index in [1.54, 1.807) is 12.1 Å². The summed E-state index contributed by atoms with van der Waals surface area (Å²) in [6, 6.07) is 12.7. The third kappa shape index (κ3) is 7.96. The highest BCUT2D eigenvalue weighted by atomic mass is 16.5. The Morgan fingerprint density at radius 2 is 1.68 bits per heavy atom. The fraction of sp³-hybridized carbons (Fsp3) is 0.440. The number of rotatable bonds is 9. The topological polar surface area (TPSA) is 80.2 Å². The van der Waals surface area contributed by atoms with Crippen LogP contribution in [0.2, 0.25) is 0 Å². The van der Waals surface area contributed by atoms with Crippen LogP contribution in [0.4, 0.5) is 0 Å². The number of phenols is 1. The van der Waals surface area contributed by atoms with Crippen molar-refractivity contribution < 1.29 is 19.4 Å². The molecular formula is C25H34N2O4. The normalized spacial score (nSPS) is 12.1. The highest BCUT2D eigenvalue weighted by Gasteiger charge is 2.27. The molecule has 31 heavy (non-hydrogen) atoms. The second-order valence-corrected chi connectivity index (χ2v) is 9.38. The van der Waals surface area contributed by atoms with Crippen LogP contribution in [0.3, 0.4) is 0 Å². The maximum Gasteiger partial charge on any atom is 0.277 e. The molecule has 168 valence electrons. The number of carbonyl (C=O) groups is 1. The molecule has 6 nitrogen and oxygen atoms in total. The van der Waals surface area contributed by atoms with E-state index >= 15 is 0 Å². The van der Waals surface area contributed by atoms with Crippen LogP contribution in [0.1, 0.15) is 59.1 Å². The van der Waals surface area contributed by atoms with Crippen molar-refractivity contribution in [3.63, 3.8) is 0 Å². The lowest BCUT2D eigenvalue weighted by Crippen LogP contribution is -2.25. The zero-order chi connectivity index (χ0) is 23.1. The van der Waals surface area contributed by atoms with Gasteiger partial charge in [-0.15, -0.1) is 0 Å². The summed E-state index contributed by atoms with van der Waals surface area (Å²) in [5.41, 5.74) is 4.36. The molecule has 0 aliphatic carbocycles. The lowest BCUT2D eigenvalue weighted by molar-refractivity contribution is -0.123. The van der Waals surface area contributed by atoms with Gasteiger partial charge in [-0.2, -0.15) is 5.10 Å². The van der Waals surface area contributed by atoms with E-state index < -0.39 is 5.91 Å². The minimum Gasteiger partial charge on any atom is -0.507 e. The number of hydrogen-bond donors (Lipinski definition) is 2. The van der Waals surface area contributed by atoms with Crippen LogP contribution in [0, 0.1) is 5.41 Å². The number of hydrazone groups is 1. The van der Waals surface area contributed by atoms with E-state index in [1.807, 2.05) is 31.2 Å². The Hall–Kier alpha value is -3.02. The molecule has 0 aliphatic rings. The summed E-state index contributed by atoms with van der Waals surface area (Å²) in [5.74, 6) is 0.892. The Kier molecular flexibility index (Phi) is 8.08. The van der Waals surface area contributed by atoms with Crippen LogP contribution in [-0.4, -0.2) is 30.4 Å². The van der Waals surface area contributed by atoms with Gasteiger partial charge >= 0.3 is 0 Å². The summed E-state index contributed by atoms with van der Waals surface area (Å²) in [7, 11) is 0. The standard InChI is InChI=1S/C25H34N2O4/c1-7-30-21-12-13-22(28)18(14-21)15-26-27-23(29)16-31-20-10-8-19(9-11-20)25(5,6)17-24(2,3)4/h8-15,28H,7,16-17H2,1-6H3,(H,27,29)/b26-15+. The van der Waals surface area contributed by atoms with E-state index in [0.29, 0.717) is 23.7 Å². The zero-order valence-electron chi connectivity index (χ0n) is 19.4. The first kappa shape index (κ1) is 24.3. The fourth-order valence-electron chi connectivity index (χ4n) is 3.68. The smallest absolute Gasteiger partial charge is 0.277 e. The minimum absolute atomic E-state index is 0.0483. The molecule has 0 spiro atoms. The number of amides is 1. The fourth-order valence-corrected chi connectivity index (χ4v) is 3.68. The SMILES string of the molecule is CCOc1ccc(O)c(/C=N/NC(=O)COc2ccc(C(C)(C)CC(C)(C)C)cc2)c1. The summed E-state index contributed by atoms with van der Waals surface area (Å²) in [6.07, 6.45) is 2.42. The van der Waals surface area contributed by atoms with Gasteiger partial charge in [0.05, 0.1) is 12.8 Å². The third-order valence-electron chi connectivity index (χ3n) is 4.68. The van der Waals surface area contributed by atoms with E-state index in [2.05, 4.69) is 45.1 Å². The predicted molar refractivity (Wildman–Crippen MR) is 124 cm³/mol. The van der Waals surface area contributed by atoms with E-state index in [9.17, 15) is 9.90 Å². The summed E-state index contributed by atoms with van der Waals surface area (Å²) in [5, 5.41) is 13.8. The second-order valence-electron chi connectivity index (χ2n) is 9.38. The largest absolute Gasteiger partial charge is 0.507 e. The van der Waals surface area contributed by atoms with Crippen LogP contribution < -0.4 is 14.9 Å². The second kappa shape index (κ2) is 10.3. The quantitative estimate of drug-likeness (QED) is 0.435. The highest BCUT2D eigenvalue weighted by molar-refractivity contribution is 5.85. The van der Waals surface area contributed by atoms with Crippen LogP contribution in [0.25, 0.3) is 0 Å². The molecule has 0 fully saturated rings. The highest BCUT2D eigenvalue weighted by Crippen LogP contribution is 2.36. The predicted octanol–water partition coefficient (Wildman–Crippen LogP) is 5.03. The van der Waals surface area contributed by atoms with Gasteiger partial charge in [0.15, 0.2) is 6.61 Å². The molecule has 2 aromatic rings. The van der Waals surface area contributed by atoms with E-state index in [1.165, 1.54) is 17.8 Å². The number of aromatic hydroxyl groups is 1. The van der Waals surface area contributed by atoms with E-state index in [-0.39, 0.29) is 23.2 Å². The van der Waals surface area contributed by atoms with Crippen molar-refractivity contribution in [3.8, 4) is 17.2 Å². The maximum atomic E-state index is 12.0. The molecule has 2 aromatic carbocycles. The van der Waals surface area contributed by atoms with Gasteiger partial charge in [0.25, 0.3) is 5.91 Å². The Morgan fingerprint density at radius 1 is 1.03 bits per heavy atom. The zero-order valence-corrected chi connectivity index (χ0v) is 19.4. The number of benzene rings is 2. The molecule has 2 N–H and O–H groups in total. The summed E-state index contributed by atoms with van der Waals surface area (Å²) < 4.78 is 10.9. The van der Waals surface area contributed by atoms with Crippen LogP contribution >= 0.6 is 0 Å². The van der Waals surface area contributed by atoms with E-state index in [4.69, 9.17) is 9.47 Å². The van der Waals surface area contributed by atoms with Crippen molar-refractivity contribution in [1.29, 1.82) is 0 Å². The van der Waals surface area contributed by atoms with Gasteiger partial charge in [-0.3, -0.25) is 4.79 Å². The van der Waals surface area contributed by atoms with Crippen LogP contribution in [0.15, 0.2) is 47.6 Å². The molecule has 0 aromatic heterocycles. The van der Waals surface area contributed by atoms with Crippen molar-refractivity contribution in [2.24, 2.45) is 10.5 Å². The number of ether oxygens (including phenoxy) is 2. The van der Waals surface area contributed by atoms with Gasteiger partial charge in [0.1, 0.15) is 17.2 Å². The van der Waals surface area contributed by atoms with Gasteiger partial charge in [0.2, 0.25) is 0 Å². The molecular weight excluding hydrogens is 392 g/mol. The molecule has 0 aliphatic heterocycles. The molecule has 6 heteroatoms. The lowest BCUT2D eigenvalue weighted by Gasteiger charge is -2.33. The first-order valence-electron chi connectivity index (χ1n) is 10.5. The van der Waals surface area contributed by atoms with E-state index in [0.717, 1.165) is 6.42 Å². The lowest BCUT2D eigenvalue weighted by atomic mass is 9.72. The number of nitrogens with zero attached hydrogens (tertiary/aromatic N) is 1. The van der Waals surface area contributed by atoms with Gasteiger partial charge in [-0.25, -0.2) is 5.43 Å². The number of carbonyl (C=O) groups excluding carboxylic acids is 1. The maximum absolute atomic E-state index is 12.0. The Morgan fingerprint density at radius 3 is 2.29 bits per heavy atom. The van der Waals surface area contributed by atoms with Crippen molar-refractivity contribution in [2.75, 3.05) is 13.2 Å². The van der Waals surface area contributed by atoms with Gasteiger partial charge in [-0.05, 0) is 60.1 Å². The Labute approximate surface area is 185 Å². The van der Waals surface area contributed by atoms with Crippen molar-refractivity contribution in [3.05, 3.63) is 53.6 Å². The molecule has 0 radical (unpaired) electrons. The van der Waals surface area contributed by atoms with Gasteiger partial charge in [0, 0.05) is 5.56 Å². The average molecular weight is 427 g/mol. The number of nitrogens with one attached hydrogen (secondary N) is 1. The molecule has 0 saturated carbocycles. The van der Waals surface area contributed by atoms with Crippen LogP contribution in [0.5, 0.6) is 17.2 Å². The molecule has 1 amide bonds. The summed E-state index contributed by atoms with van der Waals surface area (Å²) in [4.78, 5) is 12.0. The first-order valence-corrected chi connectivity index (χ1v) is 10.5. The van der Waals surface area contributed by atoms with Crippen molar-refractivity contribution >= 4 is 12.1 Å². The first-order chi connectivity index (χ1) is 14.5. The minimum atomic E-state index is -0.395. The summed E-state index contributed by atoms with van der Waals surface area (Å²) in [6.45, 7) is 13.4. The molecule has 0 saturated heterocycles. The average Bonchev–Trinajstić information content (AvgIpc) is 2.67. The van der Waals surface area contributed by atoms with Crippen molar-refractivity contribution in [2.45, 2.75) is 53.4 Å². The summed E-state index contributed by atoms with van der Waals surface area (Å²) >= 11 is 0. The van der Waals surface area contributed by atoms with Crippen LogP contribution in [-0.2, 0) is 10.2 Å².